The first-order valence-corrected chi connectivity index (χ1v) is 11.0. The second-order valence-corrected chi connectivity index (χ2v) is 7.81. The van der Waals surface area contributed by atoms with Crippen LogP contribution in [0.25, 0.3) is 0 Å². The molecule has 0 saturated heterocycles. The summed E-state index contributed by atoms with van der Waals surface area (Å²) in [5, 5.41) is 17.7. The van der Waals surface area contributed by atoms with E-state index in [1.54, 1.807) is 0 Å². The summed E-state index contributed by atoms with van der Waals surface area (Å²) >= 11 is 0. The quantitative estimate of drug-likeness (QED) is 0.249. The van der Waals surface area contributed by atoms with Gasteiger partial charge in [-0.1, -0.05) is 104 Å². The van der Waals surface area contributed by atoms with E-state index < -0.39 is 17.9 Å². The van der Waals surface area contributed by atoms with Gasteiger partial charge >= 0.3 is 11.9 Å². The van der Waals surface area contributed by atoms with Crippen LogP contribution in [0.1, 0.15) is 117 Å². The van der Waals surface area contributed by atoms with Gasteiger partial charge in [0.05, 0.1) is 12.3 Å². The maximum atomic E-state index is 11.0. The number of unbranched alkanes of at least 4 members (excludes halogenated alkanes) is 9. The Kier molecular flexibility index (Phi) is 16.7. The number of carboxylic acid groups (broad SMARTS) is 2. The van der Waals surface area contributed by atoms with Crippen LogP contribution in [0.4, 0.5) is 0 Å². The number of hydrogen-bond donors (Lipinski definition) is 2. The summed E-state index contributed by atoms with van der Waals surface area (Å²) in [5.41, 5.74) is 0. The van der Waals surface area contributed by atoms with E-state index in [4.69, 9.17) is 10.2 Å². The summed E-state index contributed by atoms with van der Waals surface area (Å²) in [6.07, 6.45) is 17.9. The van der Waals surface area contributed by atoms with Gasteiger partial charge in [-0.2, -0.15) is 0 Å². The number of carboxylic acids is 2. The first-order valence-electron chi connectivity index (χ1n) is 11.0. The highest BCUT2D eigenvalue weighted by Crippen LogP contribution is 2.22. The van der Waals surface area contributed by atoms with E-state index in [-0.39, 0.29) is 6.42 Å². The zero-order chi connectivity index (χ0) is 19.6. The lowest BCUT2D eigenvalue weighted by Gasteiger charge is -2.14. The van der Waals surface area contributed by atoms with Crippen molar-refractivity contribution in [3.05, 3.63) is 0 Å². The minimum Gasteiger partial charge on any atom is -0.481 e. The van der Waals surface area contributed by atoms with Gasteiger partial charge in [0.2, 0.25) is 0 Å². The summed E-state index contributed by atoms with van der Waals surface area (Å²) in [5.74, 6) is -1.83. The van der Waals surface area contributed by atoms with Crippen molar-refractivity contribution in [3.63, 3.8) is 0 Å². The molecule has 0 heterocycles. The lowest BCUT2D eigenvalue weighted by molar-refractivity contribution is -0.148. The van der Waals surface area contributed by atoms with Gasteiger partial charge in [0.1, 0.15) is 0 Å². The Morgan fingerprint density at radius 3 is 1.58 bits per heavy atom. The Bertz CT molecular complexity index is 354. The van der Waals surface area contributed by atoms with Gasteiger partial charge in [-0.25, -0.2) is 0 Å². The first kappa shape index (κ1) is 24.9. The molecule has 0 aliphatic rings. The minimum absolute atomic E-state index is 0.258. The van der Waals surface area contributed by atoms with E-state index in [1.165, 1.54) is 70.6 Å². The van der Waals surface area contributed by atoms with Gasteiger partial charge in [0.15, 0.2) is 0 Å². The molecule has 26 heavy (non-hydrogen) atoms. The Morgan fingerprint density at radius 2 is 1.15 bits per heavy atom. The van der Waals surface area contributed by atoms with Crippen molar-refractivity contribution in [1.29, 1.82) is 0 Å². The van der Waals surface area contributed by atoms with E-state index >= 15 is 0 Å². The molecule has 0 aromatic rings. The summed E-state index contributed by atoms with van der Waals surface area (Å²) in [6.45, 7) is 4.57. The molecule has 0 spiro atoms. The van der Waals surface area contributed by atoms with Crippen LogP contribution in [0.15, 0.2) is 0 Å². The molecule has 2 unspecified atom stereocenters. The first-order chi connectivity index (χ1) is 12.5. The number of aliphatic carboxylic acids is 2. The molecule has 154 valence electrons. The van der Waals surface area contributed by atoms with Gasteiger partial charge in [0.25, 0.3) is 0 Å². The molecule has 2 N–H and O–H groups in total. The van der Waals surface area contributed by atoms with Crippen LogP contribution < -0.4 is 0 Å². The van der Waals surface area contributed by atoms with Crippen LogP contribution in [-0.2, 0) is 9.59 Å². The average molecular weight is 371 g/mol. The summed E-state index contributed by atoms with van der Waals surface area (Å²) < 4.78 is 0. The predicted octanol–water partition coefficient (Wildman–Crippen LogP) is 6.67. The molecule has 2 atom stereocenters. The van der Waals surface area contributed by atoms with Gasteiger partial charge in [-0.15, -0.1) is 0 Å². The minimum atomic E-state index is -1.02. The maximum absolute atomic E-state index is 11.0. The maximum Gasteiger partial charge on any atom is 0.307 e. The van der Waals surface area contributed by atoms with Gasteiger partial charge in [-0.05, 0) is 12.3 Å². The van der Waals surface area contributed by atoms with Gasteiger partial charge in [-0.3, -0.25) is 9.59 Å². The highest BCUT2D eigenvalue weighted by atomic mass is 16.4. The third-order valence-electron chi connectivity index (χ3n) is 5.48. The third kappa shape index (κ3) is 15.2. The molecule has 0 aromatic carbocycles. The highest BCUT2D eigenvalue weighted by Gasteiger charge is 2.20. The molecule has 0 rings (SSSR count). The molecular formula is C22H42O4. The van der Waals surface area contributed by atoms with Crippen molar-refractivity contribution in [2.45, 2.75) is 117 Å². The molecule has 0 aliphatic carbocycles. The molecule has 0 bridgehead atoms. The van der Waals surface area contributed by atoms with Crippen molar-refractivity contribution < 1.29 is 19.8 Å². The van der Waals surface area contributed by atoms with E-state index in [0.717, 1.165) is 25.2 Å². The summed E-state index contributed by atoms with van der Waals surface area (Å²) in [7, 11) is 0. The van der Waals surface area contributed by atoms with Gasteiger partial charge < -0.3 is 10.2 Å². The molecule has 4 heteroatoms. The van der Waals surface area contributed by atoms with E-state index in [1.807, 2.05) is 0 Å². The van der Waals surface area contributed by atoms with E-state index in [0.29, 0.717) is 6.42 Å². The largest absolute Gasteiger partial charge is 0.481 e. The molecule has 0 aliphatic heterocycles. The van der Waals surface area contributed by atoms with E-state index in [2.05, 4.69) is 13.8 Å². The summed E-state index contributed by atoms with van der Waals surface area (Å²) in [6, 6.07) is 0. The van der Waals surface area contributed by atoms with E-state index in [9.17, 15) is 9.59 Å². The van der Waals surface area contributed by atoms with Gasteiger partial charge in [0, 0.05) is 0 Å². The monoisotopic (exact) mass is 370 g/mol. The van der Waals surface area contributed by atoms with Crippen molar-refractivity contribution >= 4 is 11.9 Å². The normalized spacial score (nSPS) is 13.5. The SMILES string of the molecule is CCCCCCCC(CC)CCCCCCCCC(CC(=O)O)C(=O)O. The Labute approximate surface area is 160 Å². The third-order valence-corrected chi connectivity index (χ3v) is 5.48. The molecule has 0 fully saturated rings. The topological polar surface area (TPSA) is 74.6 Å². The van der Waals surface area contributed by atoms with Crippen molar-refractivity contribution in [2.24, 2.45) is 11.8 Å². The number of hydrogen-bond acceptors (Lipinski definition) is 2. The fourth-order valence-corrected chi connectivity index (χ4v) is 3.64. The molecule has 0 radical (unpaired) electrons. The van der Waals surface area contributed by atoms with Crippen molar-refractivity contribution in [1.82, 2.24) is 0 Å². The van der Waals surface area contributed by atoms with Crippen molar-refractivity contribution in [2.75, 3.05) is 0 Å². The zero-order valence-electron chi connectivity index (χ0n) is 17.2. The second-order valence-electron chi connectivity index (χ2n) is 7.81. The molecular weight excluding hydrogens is 328 g/mol. The smallest absolute Gasteiger partial charge is 0.307 e. The van der Waals surface area contributed by atoms with Crippen LogP contribution >= 0.6 is 0 Å². The second kappa shape index (κ2) is 17.4. The Morgan fingerprint density at radius 1 is 0.692 bits per heavy atom. The Hall–Kier alpha value is -1.06. The van der Waals surface area contributed by atoms with Crippen LogP contribution in [0, 0.1) is 11.8 Å². The predicted molar refractivity (Wildman–Crippen MR) is 107 cm³/mol. The Balaban J connectivity index is 3.58. The van der Waals surface area contributed by atoms with Crippen LogP contribution in [0.2, 0.25) is 0 Å². The van der Waals surface area contributed by atoms with Crippen molar-refractivity contribution in [3.8, 4) is 0 Å². The fraction of sp³-hybridized carbons (Fsp3) is 0.909. The number of carbonyl (C=O) groups is 2. The lowest BCUT2D eigenvalue weighted by Crippen LogP contribution is -2.17. The molecule has 0 amide bonds. The van der Waals surface area contributed by atoms with Crippen LogP contribution in [0.5, 0.6) is 0 Å². The lowest BCUT2D eigenvalue weighted by atomic mass is 9.92. The average Bonchev–Trinajstić information content (AvgIpc) is 2.60. The number of rotatable bonds is 19. The summed E-state index contributed by atoms with van der Waals surface area (Å²) in [4.78, 5) is 21.6. The van der Waals surface area contributed by atoms with Crippen LogP contribution in [-0.4, -0.2) is 22.2 Å². The fourth-order valence-electron chi connectivity index (χ4n) is 3.64. The zero-order valence-corrected chi connectivity index (χ0v) is 17.2. The molecule has 4 nitrogen and oxygen atoms in total. The molecule has 0 saturated carbocycles. The standard InChI is InChI=1S/C22H42O4/c1-3-5-6-9-12-15-19(4-2)16-13-10-7-8-11-14-17-20(22(25)26)18-21(23)24/h19-20H,3-18H2,1-2H3,(H,23,24)(H,25,26). The molecule has 0 aromatic heterocycles. The van der Waals surface area contributed by atoms with Crippen LogP contribution in [0.3, 0.4) is 0 Å². The highest BCUT2D eigenvalue weighted by molar-refractivity contribution is 5.77.